The van der Waals surface area contributed by atoms with Gasteiger partial charge in [0.2, 0.25) is 0 Å². The number of hydrogen-bond donors (Lipinski definition) is 2. The third-order valence-corrected chi connectivity index (χ3v) is 3.84. The van der Waals surface area contributed by atoms with E-state index in [4.69, 9.17) is 23.2 Å². The molecule has 0 saturated carbocycles. The van der Waals surface area contributed by atoms with Crippen LogP contribution in [0.5, 0.6) is 0 Å². The summed E-state index contributed by atoms with van der Waals surface area (Å²) >= 11 is 11.9. The molecule has 1 aromatic carbocycles. The maximum absolute atomic E-state index is 11.3. The molecule has 0 aromatic heterocycles. The van der Waals surface area contributed by atoms with Crippen LogP contribution in [0.4, 0.5) is 0 Å². The van der Waals surface area contributed by atoms with Crippen LogP contribution in [0.1, 0.15) is 32.3 Å². The summed E-state index contributed by atoms with van der Waals surface area (Å²) in [5.74, 6) is -0.836. The Hall–Kier alpha value is -0.770. The topological polar surface area (TPSA) is 49.3 Å². The quantitative estimate of drug-likeness (QED) is 0.839. The average Bonchev–Trinajstić information content (AvgIpc) is 2.32. The van der Waals surface area contributed by atoms with Crippen LogP contribution < -0.4 is 5.32 Å². The van der Waals surface area contributed by atoms with Crippen molar-refractivity contribution >= 4 is 29.2 Å². The molecule has 0 bridgehead atoms. The van der Waals surface area contributed by atoms with E-state index >= 15 is 0 Å². The second kappa shape index (κ2) is 6.41. The van der Waals surface area contributed by atoms with Crippen LogP contribution in [0.2, 0.25) is 10.0 Å². The Morgan fingerprint density at radius 2 is 1.94 bits per heavy atom. The Kier molecular flexibility index (Phi) is 5.45. The van der Waals surface area contributed by atoms with Crippen molar-refractivity contribution in [2.75, 3.05) is 0 Å². The van der Waals surface area contributed by atoms with Crippen molar-refractivity contribution in [3.05, 3.63) is 33.8 Å². The van der Waals surface area contributed by atoms with Gasteiger partial charge in [-0.05, 0) is 30.5 Å². The Morgan fingerprint density at radius 3 is 2.39 bits per heavy atom. The summed E-state index contributed by atoms with van der Waals surface area (Å²) in [5.41, 5.74) is -0.0585. The molecule has 100 valence electrons. The Balaban J connectivity index is 2.82. The first kappa shape index (κ1) is 15.3. The summed E-state index contributed by atoms with van der Waals surface area (Å²) in [6.45, 7) is 4.12. The first-order valence-corrected chi connectivity index (χ1v) is 6.63. The molecule has 18 heavy (non-hydrogen) atoms. The number of hydrogen-bond acceptors (Lipinski definition) is 2. The highest BCUT2D eigenvalue weighted by Crippen LogP contribution is 2.23. The highest BCUT2D eigenvalue weighted by molar-refractivity contribution is 6.35. The van der Waals surface area contributed by atoms with Gasteiger partial charge in [0.05, 0.1) is 0 Å². The molecule has 5 heteroatoms. The van der Waals surface area contributed by atoms with E-state index in [1.165, 1.54) is 0 Å². The van der Waals surface area contributed by atoms with Gasteiger partial charge in [-0.25, -0.2) is 0 Å². The van der Waals surface area contributed by atoms with Gasteiger partial charge in [-0.1, -0.05) is 43.1 Å². The van der Waals surface area contributed by atoms with Crippen molar-refractivity contribution in [3.63, 3.8) is 0 Å². The number of rotatable bonds is 6. The van der Waals surface area contributed by atoms with Crippen LogP contribution in [0.3, 0.4) is 0 Å². The molecule has 0 radical (unpaired) electrons. The van der Waals surface area contributed by atoms with Gasteiger partial charge in [0, 0.05) is 16.6 Å². The highest BCUT2D eigenvalue weighted by Gasteiger charge is 2.34. The molecule has 0 amide bonds. The van der Waals surface area contributed by atoms with Crippen molar-refractivity contribution in [1.29, 1.82) is 0 Å². The largest absolute Gasteiger partial charge is 0.480 e. The van der Waals surface area contributed by atoms with Crippen LogP contribution in [-0.2, 0) is 11.3 Å². The maximum atomic E-state index is 11.3. The van der Waals surface area contributed by atoms with E-state index in [1.54, 1.807) is 18.2 Å². The van der Waals surface area contributed by atoms with E-state index in [-0.39, 0.29) is 0 Å². The molecule has 0 atom stereocenters. The minimum absolute atomic E-state index is 0.407. The van der Waals surface area contributed by atoms with Gasteiger partial charge < -0.3 is 5.11 Å². The second-order valence-corrected chi connectivity index (χ2v) is 5.03. The first-order valence-electron chi connectivity index (χ1n) is 5.87. The lowest BCUT2D eigenvalue weighted by Gasteiger charge is -2.28. The number of aliphatic carboxylic acids is 1. The standard InChI is InChI=1S/C13H17Cl2NO2/c1-3-13(4-2,12(17)18)16-8-9-5-6-10(14)7-11(9)15/h5-7,16H,3-4,8H2,1-2H3,(H,17,18). The number of benzene rings is 1. The van der Waals surface area contributed by atoms with Crippen LogP contribution in [0, 0.1) is 0 Å². The molecule has 0 aliphatic carbocycles. The predicted octanol–water partition coefficient (Wildman–Crippen LogP) is 3.73. The molecular formula is C13H17Cl2NO2. The van der Waals surface area contributed by atoms with E-state index in [0.717, 1.165) is 5.56 Å². The molecule has 0 aliphatic heterocycles. The fourth-order valence-corrected chi connectivity index (χ4v) is 2.28. The summed E-state index contributed by atoms with van der Waals surface area (Å²) in [4.78, 5) is 11.3. The fraction of sp³-hybridized carbons (Fsp3) is 0.462. The summed E-state index contributed by atoms with van der Waals surface area (Å²) in [6, 6.07) is 5.20. The van der Waals surface area contributed by atoms with E-state index < -0.39 is 11.5 Å². The molecule has 0 spiro atoms. The fourth-order valence-electron chi connectivity index (χ4n) is 1.81. The van der Waals surface area contributed by atoms with Crippen LogP contribution in [0.25, 0.3) is 0 Å². The third kappa shape index (κ3) is 3.37. The lowest BCUT2D eigenvalue weighted by Crippen LogP contribution is -2.50. The van der Waals surface area contributed by atoms with Gasteiger partial charge in [-0.2, -0.15) is 0 Å². The van der Waals surface area contributed by atoms with Gasteiger partial charge in [-0.3, -0.25) is 10.1 Å². The normalized spacial score (nSPS) is 11.6. The highest BCUT2D eigenvalue weighted by atomic mass is 35.5. The van der Waals surface area contributed by atoms with E-state index in [0.29, 0.717) is 29.4 Å². The zero-order valence-electron chi connectivity index (χ0n) is 10.5. The van der Waals surface area contributed by atoms with Gasteiger partial charge >= 0.3 is 5.97 Å². The smallest absolute Gasteiger partial charge is 0.323 e. The maximum Gasteiger partial charge on any atom is 0.323 e. The minimum atomic E-state index is -0.900. The SMILES string of the molecule is CCC(CC)(NCc1ccc(Cl)cc1Cl)C(=O)O. The molecule has 1 rings (SSSR count). The number of halogens is 2. The Labute approximate surface area is 117 Å². The zero-order valence-corrected chi connectivity index (χ0v) is 12.0. The van der Waals surface area contributed by atoms with Crippen molar-refractivity contribution in [1.82, 2.24) is 5.32 Å². The Bertz CT molecular complexity index is 431. The van der Waals surface area contributed by atoms with Crippen molar-refractivity contribution in [3.8, 4) is 0 Å². The lowest BCUT2D eigenvalue weighted by atomic mass is 9.92. The summed E-state index contributed by atoms with van der Waals surface area (Å²) in [5, 5.41) is 13.5. The monoisotopic (exact) mass is 289 g/mol. The van der Waals surface area contributed by atoms with E-state index in [9.17, 15) is 9.90 Å². The average molecular weight is 290 g/mol. The first-order chi connectivity index (χ1) is 8.45. The number of carbonyl (C=O) groups is 1. The number of carboxylic acid groups (broad SMARTS) is 1. The molecule has 1 aromatic rings. The predicted molar refractivity (Wildman–Crippen MR) is 74.3 cm³/mol. The molecular weight excluding hydrogens is 273 g/mol. The van der Waals surface area contributed by atoms with E-state index in [1.807, 2.05) is 13.8 Å². The molecule has 0 saturated heterocycles. The summed E-state index contributed by atoms with van der Waals surface area (Å²) in [6.07, 6.45) is 1.04. The lowest BCUT2D eigenvalue weighted by molar-refractivity contribution is -0.145. The van der Waals surface area contributed by atoms with Gasteiger partial charge in [0.15, 0.2) is 0 Å². The van der Waals surface area contributed by atoms with Crippen LogP contribution >= 0.6 is 23.2 Å². The molecule has 0 unspecified atom stereocenters. The van der Waals surface area contributed by atoms with Crippen molar-refractivity contribution in [2.45, 2.75) is 38.8 Å². The van der Waals surface area contributed by atoms with Crippen molar-refractivity contribution < 1.29 is 9.90 Å². The van der Waals surface area contributed by atoms with Gasteiger partial charge in [0.1, 0.15) is 5.54 Å². The third-order valence-electron chi connectivity index (χ3n) is 3.25. The molecule has 0 aliphatic rings. The molecule has 3 nitrogen and oxygen atoms in total. The molecule has 0 fully saturated rings. The number of carboxylic acids is 1. The van der Waals surface area contributed by atoms with Crippen LogP contribution in [0.15, 0.2) is 18.2 Å². The molecule has 2 N–H and O–H groups in total. The zero-order chi connectivity index (χ0) is 13.8. The summed E-state index contributed by atoms with van der Waals surface area (Å²) < 4.78 is 0. The Morgan fingerprint density at radius 1 is 1.33 bits per heavy atom. The number of nitrogens with one attached hydrogen (secondary N) is 1. The second-order valence-electron chi connectivity index (χ2n) is 4.18. The van der Waals surface area contributed by atoms with Gasteiger partial charge in [0.25, 0.3) is 0 Å². The van der Waals surface area contributed by atoms with Crippen LogP contribution in [-0.4, -0.2) is 16.6 Å². The van der Waals surface area contributed by atoms with E-state index in [2.05, 4.69) is 5.32 Å². The summed E-state index contributed by atoms with van der Waals surface area (Å²) in [7, 11) is 0. The molecule has 0 heterocycles. The minimum Gasteiger partial charge on any atom is -0.480 e. The van der Waals surface area contributed by atoms with Crippen molar-refractivity contribution in [2.24, 2.45) is 0 Å². The van der Waals surface area contributed by atoms with Gasteiger partial charge in [-0.15, -0.1) is 0 Å².